The van der Waals surface area contributed by atoms with Gasteiger partial charge >= 0.3 is 0 Å². The smallest absolute Gasteiger partial charge is 0.250 e. The molecule has 0 aliphatic rings. The molecule has 5 heteroatoms. The number of halogens is 2. The molecule has 100 valence electrons. The summed E-state index contributed by atoms with van der Waals surface area (Å²) in [4.78, 5) is 10.6. The second kappa shape index (κ2) is 4.80. The minimum Gasteiger partial charge on any atom is -0.540 e. The second-order valence-corrected chi connectivity index (χ2v) is 10.5. The molecule has 0 saturated heterocycles. The van der Waals surface area contributed by atoms with Gasteiger partial charge in [-0.2, -0.15) is 0 Å². The summed E-state index contributed by atoms with van der Waals surface area (Å²) < 4.78 is 33.1. The third-order valence-electron chi connectivity index (χ3n) is 3.37. The molecule has 0 aromatic heterocycles. The summed E-state index contributed by atoms with van der Waals surface area (Å²) >= 11 is 0. The summed E-state index contributed by atoms with van der Waals surface area (Å²) in [5.74, 6) is -2.14. The molecule has 1 rings (SSSR count). The van der Waals surface area contributed by atoms with Crippen molar-refractivity contribution in [1.29, 1.82) is 0 Å². The van der Waals surface area contributed by atoms with E-state index < -0.39 is 25.7 Å². The molecule has 0 radical (unpaired) electrons. The summed E-state index contributed by atoms with van der Waals surface area (Å²) in [7, 11) is -2.34. The maximum atomic E-state index is 13.9. The van der Waals surface area contributed by atoms with Gasteiger partial charge in [-0.1, -0.05) is 20.8 Å². The van der Waals surface area contributed by atoms with Crippen molar-refractivity contribution in [3.05, 3.63) is 29.3 Å². The first kappa shape index (κ1) is 14.8. The lowest BCUT2D eigenvalue weighted by molar-refractivity contribution is 0.111. The zero-order chi connectivity index (χ0) is 14.1. The van der Waals surface area contributed by atoms with Gasteiger partial charge in [0.05, 0.1) is 5.56 Å². The van der Waals surface area contributed by atoms with E-state index >= 15 is 0 Å². The minimum absolute atomic E-state index is 0.178. The molecule has 0 spiro atoms. The van der Waals surface area contributed by atoms with Gasteiger partial charge in [-0.05, 0) is 30.3 Å². The highest BCUT2D eigenvalue weighted by atomic mass is 28.4. The van der Waals surface area contributed by atoms with Gasteiger partial charge in [0.2, 0.25) is 0 Å². The molecule has 2 nitrogen and oxygen atoms in total. The lowest BCUT2D eigenvalue weighted by Crippen LogP contribution is -2.44. The number of aldehydes is 1. The number of hydrogen-bond donors (Lipinski definition) is 0. The van der Waals surface area contributed by atoms with Crippen molar-refractivity contribution in [2.75, 3.05) is 0 Å². The van der Waals surface area contributed by atoms with Gasteiger partial charge in [0, 0.05) is 0 Å². The van der Waals surface area contributed by atoms with Gasteiger partial charge in [-0.15, -0.1) is 0 Å². The monoisotopic (exact) mass is 272 g/mol. The summed E-state index contributed by atoms with van der Waals surface area (Å²) in [5, 5.41) is -0.178. The summed E-state index contributed by atoms with van der Waals surface area (Å²) in [5.41, 5.74) is -0.190. The number of rotatable bonds is 3. The standard InChI is InChI=1S/C13H18F2O2Si/c1-13(2,3)18(4,5)17-12-10(14)7-6-9(8-16)11(12)15/h6-8H,1-5H3. The Morgan fingerprint density at radius 1 is 1.22 bits per heavy atom. The van der Waals surface area contributed by atoms with Crippen LogP contribution in [0.25, 0.3) is 0 Å². The molecule has 1 aromatic rings. The van der Waals surface area contributed by atoms with Crippen LogP contribution in [0.3, 0.4) is 0 Å². The molecule has 0 saturated carbocycles. The Balaban J connectivity index is 3.23. The van der Waals surface area contributed by atoms with Crippen LogP contribution in [0.4, 0.5) is 8.78 Å². The van der Waals surface area contributed by atoms with E-state index in [0.717, 1.165) is 12.1 Å². The number of carbonyl (C=O) groups excluding carboxylic acids is 1. The van der Waals surface area contributed by atoms with E-state index in [0.29, 0.717) is 6.29 Å². The molecule has 18 heavy (non-hydrogen) atoms. The van der Waals surface area contributed by atoms with Crippen LogP contribution in [0, 0.1) is 11.6 Å². The van der Waals surface area contributed by atoms with Crippen molar-refractivity contribution in [2.24, 2.45) is 0 Å². The molecule has 1 aromatic carbocycles. The van der Waals surface area contributed by atoms with Crippen LogP contribution < -0.4 is 4.43 Å². The number of benzene rings is 1. The van der Waals surface area contributed by atoms with Gasteiger partial charge in [-0.25, -0.2) is 8.78 Å². The Hall–Kier alpha value is -1.23. The van der Waals surface area contributed by atoms with Gasteiger partial charge < -0.3 is 4.43 Å². The Labute approximate surface area is 107 Å². The molecule has 0 unspecified atom stereocenters. The fourth-order valence-corrected chi connectivity index (χ4v) is 2.14. The molecule has 0 aliphatic carbocycles. The van der Waals surface area contributed by atoms with Crippen LogP contribution in [0.1, 0.15) is 31.1 Å². The molecule has 0 aliphatic heterocycles. The van der Waals surface area contributed by atoms with E-state index in [1.54, 1.807) is 0 Å². The molecule has 0 bridgehead atoms. The summed E-state index contributed by atoms with van der Waals surface area (Å²) in [6.07, 6.45) is 0.354. The van der Waals surface area contributed by atoms with Crippen LogP contribution >= 0.6 is 0 Å². The fraction of sp³-hybridized carbons (Fsp3) is 0.462. The number of hydrogen-bond acceptors (Lipinski definition) is 2. The lowest BCUT2D eigenvalue weighted by Gasteiger charge is -2.36. The van der Waals surface area contributed by atoms with Crippen LogP contribution in [0.15, 0.2) is 12.1 Å². The third-order valence-corrected chi connectivity index (χ3v) is 7.70. The second-order valence-electron chi connectivity index (χ2n) is 5.76. The van der Waals surface area contributed by atoms with E-state index in [-0.39, 0.29) is 10.6 Å². The number of carbonyl (C=O) groups is 1. The van der Waals surface area contributed by atoms with Gasteiger partial charge in [0.1, 0.15) is 0 Å². The Morgan fingerprint density at radius 2 is 1.78 bits per heavy atom. The zero-order valence-electron chi connectivity index (χ0n) is 11.3. The average molecular weight is 272 g/mol. The summed E-state index contributed by atoms with van der Waals surface area (Å²) in [6, 6.07) is 2.16. The highest BCUT2D eigenvalue weighted by Crippen LogP contribution is 2.39. The molecule has 0 amide bonds. The van der Waals surface area contributed by atoms with Crippen molar-refractivity contribution in [3.8, 4) is 5.75 Å². The van der Waals surface area contributed by atoms with E-state index in [9.17, 15) is 13.6 Å². The summed E-state index contributed by atoms with van der Waals surface area (Å²) in [6.45, 7) is 9.69. The maximum Gasteiger partial charge on any atom is 0.250 e. The van der Waals surface area contributed by atoms with Gasteiger partial charge in [0.25, 0.3) is 8.32 Å². The molecule has 0 N–H and O–H groups in total. The first-order valence-corrected chi connectivity index (χ1v) is 8.63. The SMILES string of the molecule is CC(C)(C)[Si](C)(C)Oc1c(F)ccc(C=O)c1F. The first-order valence-electron chi connectivity index (χ1n) is 5.72. The van der Waals surface area contributed by atoms with Crippen molar-refractivity contribution in [2.45, 2.75) is 38.9 Å². The Kier molecular flexibility index (Phi) is 3.95. The highest BCUT2D eigenvalue weighted by Gasteiger charge is 2.40. The molecular formula is C13H18F2O2Si. The zero-order valence-corrected chi connectivity index (χ0v) is 12.3. The Bertz CT molecular complexity index is 465. The van der Waals surface area contributed by atoms with E-state index in [1.165, 1.54) is 0 Å². The molecule has 0 heterocycles. The maximum absolute atomic E-state index is 13.9. The quantitative estimate of drug-likeness (QED) is 0.610. The van der Waals surface area contributed by atoms with Crippen LogP contribution in [-0.2, 0) is 0 Å². The van der Waals surface area contributed by atoms with Crippen molar-refractivity contribution in [3.63, 3.8) is 0 Å². The average Bonchev–Trinajstić information content (AvgIpc) is 2.23. The normalized spacial score (nSPS) is 12.4. The van der Waals surface area contributed by atoms with E-state index in [4.69, 9.17) is 4.43 Å². The van der Waals surface area contributed by atoms with Crippen molar-refractivity contribution in [1.82, 2.24) is 0 Å². The largest absolute Gasteiger partial charge is 0.540 e. The van der Waals surface area contributed by atoms with Gasteiger partial charge in [-0.3, -0.25) is 4.79 Å². The van der Waals surface area contributed by atoms with Crippen LogP contribution in [0.5, 0.6) is 5.75 Å². The predicted molar refractivity (Wildman–Crippen MR) is 69.6 cm³/mol. The van der Waals surface area contributed by atoms with Crippen LogP contribution in [0.2, 0.25) is 18.1 Å². The first-order chi connectivity index (χ1) is 8.10. The third kappa shape index (κ3) is 2.77. The van der Waals surface area contributed by atoms with Crippen molar-refractivity contribution < 1.29 is 18.0 Å². The fourth-order valence-electron chi connectivity index (χ4n) is 1.14. The predicted octanol–water partition coefficient (Wildman–Crippen LogP) is 4.16. The van der Waals surface area contributed by atoms with E-state index in [1.807, 2.05) is 33.9 Å². The van der Waals surface area contributed by atoms with Crippen molar-refractivity contribution >= 4 is 14.6 Å². The Morgan fingerprint density at radius 3 is 2.22 bits per heavy atom. The molecule has 0 fully saturated rings. The molecular weight excluding hydrogens is 254 g/mol. The minimum atomic E-state index is -2.34. The molecule has 0 atom stereocenters. The lowest BCUT2D eigenvalue weighted by atomic mass is 10.2. The van der Waals surface area contributed by atoms with Crippen LogP contribution in [-0.4, -0.2) is 14.6 Å². The van der Waals surface area contributed by atoms with Gasteiger partial charge in [0.15, 0.2) is 23.7 Å². The van der Waals surface area contributed by atoms with E-state index in [2.05, 4.69) is 0 Å². The topological polar surface area (TPSA) is 26.3 Å². The highest BCUT2D eigenvalue weighted by molar-refractivity contribution is 6.74.